The van der Waals surface area contributed by atoms with E-state index in [-0.39, 0.29) is 0 Å². The zero-order valence-corrected chi connectivity index (χ0v) is 14.3. The number of hydrogen-bond acceptors (Lipinski definition) is 1. The minimum atomic E-state index is 0.882. The largest absolute Gasteiger partial charge is 0.370 e. The molecule has 0 unspecified atom stereocenters. The lowest BCUT2D eigenvalue weighted by Crippen LogP contribution is -2.17. The van der Waals surface area contributed by atoms with Crippen LogP contribution in [0, 0.1) is 6.92 Å². The molecule has 1 nitrogen and oxygen atoms in total. The Morgan fingerprint density at radius 3 is 2.58 bits per heavy atom. The predicted octanol–water partition coefficient (Wildman–Crippen LogP) is 5.29. The van der Waals surface area contributed by atoms with Gasteiger partial charge in [-0.2, -0.15) is 0 Å². The van der Waals surface area contributed by atoms with Crippen molar-refractivity contribution in [3.05, 3.63) is 63.6 Å². The van der Waals surface area contributed by atoms with Gasteiger partial charge in [-0.3, -0.25) is 0 Å². The normalized spacial score (nSPS) is 10.5. The molecule has 0 aliphatic heterocycles. The Kier molecular flexibility index (Phi) is 5.06. The van der Waals surface area contributed by atoms with E-state index in [4.69, 9.17) is 0 Å². The van der Waals surface area contributed by atoms with E-state index in [0.29, 0.717) is 0 Å². The van der Waals surface area contributed by atoms with Crippen molar-refractivity contribution in [1.29, 1.82) is 0 Å². The average Bonchev–Trinajstić information content (AvgIpc) is 2.38. The molecule has 0 radical (unpaired) electrons. The van der Waals surface area contributed by atoms with Crippen LogP contribution in [0.15, 0.2) is 46.9 Å². The molecule has 0 fully saturated rings. The van der Waals surface area contributed by atoms with Crippen LogP contribution in [-0.4, -0.2) is 7.05 Å². The quantitative estimate of drug-likeness (QED) is 0.649. The van der Waals surface area contributed by atoms with Crippen LogP contribution in [0.5, 0.6) is 0 Å². The van der Waals surface area contributed by atoms with Crippen LogP contribution in [0.2, 0.25) is 0 Å². The van der Waals surface area contributed by atoms with E-state index in [0.717, 1.165) is 16.3 Å². The van der Waals surface area contributed by atoms with Gasteiger partial charge >= 0.3 is 0 Å². The number of benzene rings is 2. The maximum absolute atomic E-state index is 3.57. The van der Waals surface area contributed by atoms with Gasteiger partial charge in [0.25, 0.3) is 0 Å². The van der Waals surface area contributed by atoms with Crippen molar-refractivity contribution in [2.24, 2.45) is 0 Å². The van der Waals surface area contributed by atoms with Crippen LogP contribution in [-0.2, 0) is 11.9 Å². The highest BCUT2D eigenvalue weighted by molar-refractivity contribution is 9.10. The van der Waals surface area contributed by atoms with Gasteiger partial charge in [0.1, 0.15) is 0 Å². The average molecular weight is 383 g/mol. The number of anilines is 1. The fourth-order valence-electron chi connectivity index (χ4n) is 2.19. The SMILES string of the molecule is Cc1ccc(N(C)Cc2cccc(Br)c2)c(CBr)c1. The molecule has 0 N–H and O–H groups in total. The highest BCUT2D eigenvalue weighted by Crippen LogP contribution is 2.25. The summed E-state index contributed by atoms with van der Waals surface area (Å²) in [7, 11) is 2.14. The maximum Gasteiger partial charge on any atom is 0.0426 e. The Morgan fingerprint density at radius 1 is 1.11 bits per heavy atom. The summed E-state index contributed by atoms with van der Waals surface area (Å²) < 4.78 is 1.13. The number of alkyl halides is 1. The molecule has 2 aromatic carbocycles. The summed E-state index contributed by atoms with van der Waals surface area (Å²) >= 11 is 7.09. The van der Waals surface area contributed by atoms with Gasteiger partial charge in [-0.15, -0.1) is 0 Å². The predicted molar refractivity (Wildman–Crippen MR) is 90.1 cm³/mol. The molecule has 0 aromatic heterocycles. The topological polar surface area (TPSA) is 3.24 Å². The van der Waals surface area contributed by atoms with Crippen molar-refractivity contribution >= 4 is 37.5 Å². The molecule has 0 bridgehead atoms. The molecular weight excluding hydrogens is 366 g/mol. The molecule has 0 aliphatic carbocycles. The second-order valence-corrected chi connectivity index (χ2v) is 6.23. The first-order valence-corrected chi connectivity index (χ1v) is 8.12. The van der Waals surface area contributed by atoms with Crippen molar-refractivity contribution in [3.63, 3.8) is 0 Å². The third-order valence-electron chi connectivity index (χ3n) is 3.10. The van der Waals surface area contributed by atoms with Gasteiger partial charge in [-0.05, 0) is 36.2 Å². The standard InChI is InChI=1S/C16H17Br2N/c1-12-6-7-16(14(8-12)10-17)19(2)11-13-4-3-5-15(18)9-13/h3-9H,10-11H2,1-2H3. The van der Waals surface area contributed by atoms with E-state index in [9.17, 15) is 0 Å². The maximum atomic E-state index is 3.57. The van der Waals surface area contributed by atoms with Crippen LogP contribution in [0.1, 0.15) is 16.7 Å². The van der Waals surface area contributed by atoms with E-state index in [1.54, 1.807) is 0 Å². The Morgan fingerprint density at radius 2 is 1.89 bits per heavy atom. The van der Waals surface area contributed by atoms with E-state index in [1.165, 1.54) is 22.4 Å². The molecule has 0 amide bonds. The Bertz CT molecular complexity index is 566. The second kappa shape index (κ2) is 6.58. The minimum Gasteiger partial charge on any atom is -0.370 e. The van der Waals surface area contributed by atoms with Gasteiger partial charge in [0.2, 0.25) is 0 Å². The number of rotatable bonds is 4. The van der Waals surface area contributed by atoms with Crippen LogP contribution in [0.25, 0.3) is 0 Å². The first-order chi connectivity index (χ1) is 9.10. The Balaban J connectivity index is 2.22. The molecule has 100 valence electrons. The van der Waals surface area contributed by atoms with Crippen LogP contribution >= 0.6 is 31.9 Å². The first-order valence-electron chi connectivity index (χ1n) is 6.21. The van der Waals surface area contributed by atoms with Crippen molar-refractivity contribution in [2.45, 2.75) is 18.8 Å². The molecule has 2 aromatic rings. The number of nitrogens with zero attached hydrogens (tertiary/aromatic N) is 1. The molecule has 3 heteroatoms. The van der Waals surface area contributed by atoms with Gasteiger partial charge in [-0.25, -0.2) is 0 Å². The molecule has 2 rings (SSSR count). The Hall–Kier alpha value is -0.800. The van der Waals surface area contributed by atoms with Gasteiger partial charge in [-0.1, -0.05) is 61.7 Å². The summed E-state index contributed by atoms with van der Waals surface area (Å²) in [6, 6.07) is 15.1. The van der Waals surface area contributed by atoms with Crippen molar-refractivity contribution < 1.29 is 0 Å². The van der Waals surface area contributed by atoms with Gasteiger partial charge in [0, 0.05) is 29.1 Å². The zero-order chi connectivity index (χ0) is 13.8. The third-order valence-corrected chi connectivity index (χ3v) is 4.20. The molecular formula is C16H17Br2N. The zero-order valence-electron chi connectivity index (χ0n) is 11.2. The summed E-state index contributed by atoms with van der Waals surface area (Å²) in [5.74, 6) is 0. The van der Waals surface area contributed by atoms with Gasteiger partial charge < -0.3 is 4.90 Å². The minimum absolute atomic E-state index is 0.882. The lowest BCUT2D eigenvalue weighted by Gasteiger charge is -2.22. The molecule has 19 heavy (non-hydrogen) atoms. The molecule has 0 saturated heterocycles. The van der Waals surface area contributed by atoms with Crippen molar-refractivity contribution in [2.75, 3.05) is 11.9 Å². The third kappa shape index (κ3) is 3.83. The fraction of sp³-hybridized carbons (Fsp3) is 0.250. The summed E-state index contributed by atoms with van der Waals surface area (Å²) in [5.41, 5.74) is 5.21. The van der Waals surface area contributed by atoms with E-state index in [2.05, 4.69) is 93.2 Å². The lowest BCUT2D eigenvalue weighted by atomic mass is 10.1. The first kappa shape index (κ1) is 14.6. The summed E-state index contributed by atoms with van der Waals surface area (Å²) in [6.45, 7) is 3.03. The van der Waals surface area contributed by atoms with Crippen molar-refractivity contribution in [1.82, 2.24) is 0 Å². The van der Waals surface area contributed by atoms with E-state index < -0.39 is 0 Å². The molecule has 0 heterocycles. The fourth-order valence-corrected chi connectivity index (χ4v) is 3.08. The highest BCUT2D eigenvalue weighted by Gasteiger charge is 2.07. The molecule has 0 spiro atoms. The molecule has 0 saturated carbocycles. The number of hydrogen-bond donors (Lipinski definition) is 0. The van der Waals surface area contributed by atoms with Crippen LogP contribution in [0.4, 0.5) is 5.69 Å². The number of aryl methyl sites for hydroxylation is 1. The number of halogens is 2. The van der Waals surface area contributed by atoms with Gasteiger partial charge in [0.05, 0.1) is 0 Å². The van der Waals surface area contributed by atoms with E-state index in [1.807, 2.05) is 0 Å². The Labute approximate surface area is 131 Å². The van der Waals surface area contributed by atoms with E-state index >= 15 is 0 Å². The van der Waals surface area contributed by atoms with Crippen LogP contribution < -0.4 is 4.90 Å². The highest BCUT2D eigenvalue weighted by atomic mass is 79.9. The summed E-state index contributed by atoms with van der Waals surface area (Å²) in [5, 5.41) is 0.882. The molecule has 0 atom stereocenters. The van der Waals surface area contributed by atoms with Crippen molar-refractivity contribution in [3.8, 4) is 0 Å². The van der Waals surface area contributed by atoms with Crippen LogP contribution in [0.3, 0.4) is 0 Å². The molecule has 0 aliphatic rings. The van der Waals surface area contributed by atoms with Gasteiger partial charge in [0.15, 0.2) is 0 Å². The monoisotopic (exact) mass is 381 g/mol. The lowest BCUT2D eigenvalue weighted by molar-refractivity contribution is 0.915. The second-order valence-electron chi connectivity index (χ2n) is 4.75. The summed E-state index contributed by atoms with van der Waals surface area (Å²) in [6.07, 6.45) is 0. The summed E-state index contributed by atoms with van der Waals surface area (Å²) in [4.78, 5) is 2.29. The smallest absolute Gasteiger partial charge is 0.0426 e.